The first-order chi connectivity index (χ1) is 11.9. The monoisotopic (exact) mass is 346 g/mol. The van der Waals surface area contributed by atoms with Crippen LogP contribution in [0.1, 0.15) is 51.2 Å². The number of nitrogens with zero attached hydrogens (tertiary/aromatic N) is 7. The highest BCUT2D eigenvalue weighted by molar-refractivity contribution is 5.85. The second-order valence-electron chi connectivity index (χ2n) is 7.10. The molecule has 2 aromatic rings. The topological polar surface area (TPSA) is 108 Å². The highest BCUT2D eigenvalue weighted by atomic mass is 16.2. The van der Waals surface area contributed by atoms with E-state index in [-0.39, 0.29) is 5.91 Å². The predicted molar refractivity (Wildman–Crippen MR) is 91.6 cm³/mol. The Labute approximate surface area is 147 Å². The van der Waals surface area contributed by atoms with Gasteiger partial charge in [0.15, 0.2) is 5.82 Å². The Kier molecular flexibility index (Phi) is 4.85. The Morgan fingerprint density at radius 3 is 2.60 bits per heavy atom. The summed E-state index contributed by atoms with van der Waals surface area (Å²) in [5.41, 5.74) is 5.12. The summed E-state index contributed by atoms with van der Waals surface area (Å²) in [5, 5.41) is 12.9. The number of hydrogen-bond donors (Lipinski definition) is 1. The molecular formula is C16H26N8O. The van der Waals surface area contributed by atoms with Crippen LogP contribution in [0.15, 0.2) is 12.7 Å². The molecule has 0 atom stereocenters. The molecule has 25 heavy (non-hydrogen) atoms. The maximum Gasteiger partial charge on any atom is 0.242 e. The largest absolute Gasteiger partial charge is 0.341 e. The van der Waals surface area contributed by atoms with Gasteiger partial charge in [0, 0.05) is 25.6 Å². The van der Waals surface area contributed by atoms with E-state index in [1.807, 2.05) is 4.90 Å². The van der Waals surface area contributed by atoms with E-state index in [9.17, 15) is 4.79 Å². The van der Waals surface area contributed by atoms with Crippen LogP contribution in [0.5, 0.6) is 0 Å². The van der Waals surface area contributed by atoms with E-state index in [1.165, 1.54) is 6.33 Å². The normalized spacial score (nSPS) is 16.4. The molecule has 2 N–H and O–H groups in total. The van der Waals surface area contributed by atoms with Gasteiger partial charge in [-0.05, 0) is 33.6 Å². The third-order valence-corrected chi connectivity index (χ3v) is 4.64. The van der Waals surface area contributed by atoms with Gasteiger partial charge in [-0.3, -0.25) is 4.79 Å². The number of likely N-dealkylation sites (tertiary alicyclic amines) is 1. The van der Waals surface area contributed by atoms with E-state index >= 15 is 0 Å². The lowest BCUT2D eigenvalue weighted by molar-refractivity contribution is -0.136. The van der Waals surface area contributed by atoms with Gasteiger partial charge in [0.25, 0.3) is 0 Å². The number of carbonyl (C=O) groups is 1. The first-order valence-corrected chi connectivity index (χ1v) is 8.72. The molecule has 1 amide bonds. The predicted octanol–water partition coefficient (Wildman–Crippen LogP) is 0.381. The second kappa shape index (κ2) is 6.91. The quantitative estimate of drug-likeness (QED) is 0.838. The van der Waals surface area contributed by atoms with Crippen molar-refractivity contribution in [1.29, 1.82) is 0 Å². The molecule has 136 valence electrons. The molecule has 0 aromatic carbocycles. The molecule has 1 aliphatic heterocycles. The van der Waals surface area contributed by atoms with Crippen LogP contribution < -0.4 is 5.73 Å². The molecule has 2 aromatic heterocycles. The van der Waals surface area contributed by atoms with Crippen molar-refractivity contribution in [2.45, 2.75) is 58.2 Å². The third kappa shape index (κ3) is 3.71. The van der Waals surface area contributed by atoms with Crippen LogP contribution in [-0.2, 0) is 17.9 Å². The van der Waals surface area contributed by atoms with Gasteiger partial charge in [-0.1, -0.05) is 0 Å². The van der Waals surface area contributed by atoms with Crippen molar-refractivity contribution in [3.05, 3.63) is 24.3 Å². The van der Waals surface area contributed by atoms with Gasteiger partial charge in [0.05, 0.1) is 5.54 Å². The summed E-state index contributed by atoms with van der Waals surface area (Å²) < 4.78 is 3.89. The number of nitrogens with two attached hydrogens (primary N) is 1. The van der Waals surface area contributed by atoms with Crippen molar-refractivity contribution in [3.8, 4) is 0 Å². The van der Waals surface area contributed by atoms with E-state index in [1.54, 1.807) is 24.9 Å². The maximum atomic E-state index is 12.3. The molecule has 3 heterocycles. The van der Waals surface area contributed by atoms with Gasteiger partial charge < -0.3 is 15.2 Å². The van der Waals surface area contributed by atoms with Crippen molar-refractivity contribution in [2.75, 3.05) is 13.1 Å². The van der Waals surface area contributed by atoms with Gasteiger partial charge in [-0.2, -0.15) is 5.10 Å². The molecule has 0 unspecified atom stereocenters. The van der Waals surface area contributed by atoms with Gasteiger partial charge in [0.2, 0.25) is 5.91 Å². The fourth-order valence-corrected chi connectivity index (χ4v) is 3.32. The van der Waals surface area contributed by atoms with E-state index in [0.717, 1.165) is 31.0 Å². The minimum absolute atomic E-state index is 0.00906. The fourth-order valence-electron chi connectivity index (χ4n) is 3.32. The summed E-state index contributed by atoms with van der Waals surface area (Å²) in [4.78, 5) is 18.1. The van der Waals surface area contributed by atoms with Crippen LogP contribution in [0.4, 0.5) is 0 Å². The molecule has 9 nitrogen and oxygen atoms in total. The Balaban J connectivity index is 1.69. The van der Waals surface area contributed by atoms with E-state index < -0.39 is 5.54 Å². The Hall–Kier alpha value is -2.29. The highest BCUT2D eigenvalue weighted by Gasteiger charge is 2.32. The average Bonchev–Trinajstić information content (AvgIpc) is 3.23. The van der Waals surface area contributed by atoms with Gasteiger partial charge >= 0.3 is 0 Å². The van der Waals surface area contributed by atoms with Crippen molar-refractivity contribution in [2.24, 2.45) is 5.73 Å². The molecule has 1 saturated heterocycles. The molecule has 0 spiro atoms. The minimum atomic E-state index is -0.818. The van der Waals surface area contributed by atoms with Crippen LogP contribution in [-0.4, -0.2) is 59.0 Å². The fraction of sp³-hybridized carbons (Fsp3) is 0.688. The first-order valence-electron chi connectivity index (χ1n) is 8.72. The molecule has 0 bridgehead atoms. The average molecular weight is 346 g/mol. The molecule has 0 aliphatic carbocycles. The van der Waals surface area contributed by atoms with Crippen LogP contribution in [0.3, 0.4) is 0 Å². The van der Waals surface area contributed by atoms with Crippen LogP contribution in [0.2, 0.25) is 0 Å². The number of piperidine rings is 1. The number of aromatic nitrogens is 6. The zero-order valence-electron chi connectivity index (χ0n) is 15.1. The SMILES string of the molecule is CCn1c(Cn2cncn2)nnc1C1CCN(C(=O)C(C)(C)N)CC1. The Morgan fingerprint density at radius 2 is 2.04 bits per heavy atom. The standard InChI is InChI=1S/C16H26N8O/c1-4-24-13(9-23-11-18-10-19-23)20-21-14(24)12-5-7-22(8-6-12)15(25)16(2,3)17/h10-12H,4-9,17H2,1-3H3. The highest BCUT2D eigenvalue weighted by Crippen LogP contribution is 2.28. The van der Waals surface area contributed by atoms with Crippen LogP contribution in [0, 0.1) is 0 Å². The van der Waals surface area contributed by atoms with E-state index in [0.29, 0.717) is 25.6 Å². The summed E-state index contributed by atoms with van der Waals surface area (Å²) in [7, 11) is 0. The maximum absolute atomic E-state index is 12.3. The smallest absolute Gasteiger partial charge is 0.242 e. The summed E-state index contributed by atoms with van der Waals surface area (Å²) in [6.07, 6.45) is 4.94. The lowest BCUT2D eigenvalue weighted by atomic mass is 9.94. The van der Waals surface area contributed by atoms with Crippen LogP contribution in [0.25, 0.3) is 0 Å². The third-order valence-electron chi connectivity index (χ3n) is 4.64. The van der Waals surface area contributed by atoms with Gasteiger partial charge in [0.1, 0.15) is 25.0 Å². The summed E-state index contributed by atoms with van der Waals surface area (Å²) in [5.74, 6) is 2.19. The summed E-state index contributed by atoms with van der Waals surface area (Å²) in [6, 6.07) is 0. The molecule has 9 heteroatoms. The summed E-state index contributed by atoms with van der Waals surface area (Å²) in [6.45, 7) is 8.38. The van der Waals surface area contributed by atoms with Crippen molar-refractivity contribution < 1.29 is 4.79 Å². The van der Waals surface area contributed by atoms with E-state index in [2.05, 4.69) is 31.8 Å². The number of amides is 1. The lowest BCUT2D eigenvalue weighted by Gasteiger charge is -2.35. The van der Waals surface area contributed by atoms with Crippen molar-refractivity contribution in [1.82, 2.24) is 34.4 Å². The zero-order chi connectivity index (χ0) is 18.0. The second-order valence-corrected chi connectivity index (χ2v) is 7.10. The van der Waals surface area contributed by atoms with E-state index in [4.69, 9.17) is 5.73 Å². The van der Waals surface area contributed by atoms with Crippen LogP contribution >= 0.6 is 0 Å². The molecule has 1 fully saturated rings. The zero-order valence-corrected chi connectivity index (χ0v) is 15.1. The van der Waals surface area contributed by atoms with Gasteiger partial charge in [-0.25, -0.2) is 9.67 Å². The number of hydrogen-bond acceptors (Lipinski definition) is 6. The number of carbonyl (C=O) groups excluding carboxylic acids is 1. The van der Waals surface area contributed by atoms with Crippen molar-refractivity contribution >= 4 is 5.91 Å². The molecular weight excluding hydrogens is 320 g/mol. The minimum Gasteiger partial charge on any atom is -0.341 e. The Bertz CT molecular complexity index is 707. The molecule has 0 saturated carbocycles. The first kappa shape index (κ1) is 17.5. The number of rotatable bonds is 5. The summed E-state index contributed by atoms with van der Waals surface area (Å²) >= 11 is 0. The van der Waals surface area contributed by atoms with Crippen molar-refractivity contribution in [3.63, 3.8) is 0 Å². The molecule has 1 aliphatic rings. The molecule has 0 radical (unpaired) electrons. The van der Waals surface area contributed by atoms with Gasteiger partial charge in [-0.15, -0.1) is 10.2 Å². The lowest BCUT2D eigenvalue weighted by Crippen LogP contribution is -2.53. The Morgan fingerprint density at radius 1 is 1.32 bits per heavy atom. The molecule has 3 rings (SSSR count).